The maximum absolute atomic E-state index is 13.0. The monoisotopic (exact) mass is 266 g/mol. The fraction of sp³-hybridized carbons (Fsp3) is 0.0833. The van der Waals surface area contributed by atoms with Crippen molar-refractivity contribution in [3.63, 3.8) is 0 Å². The van der Waals surface area contributed by atoms with Gasteiger partial charge in [0.05, 0.1) is 0 Å². The molecule has 98 valence electrons. The first-order valence-corrected chi connectivity index (χ1v) is 5.17. The van der Waals surface area contributed by atoms with Crippen LogP contribution in [0.5, 0.6) is 11.8 Å². The zero-order chi connectivity index (χ0) is 14.0. The Balaban J connectivity index is 2.35. The Morgan fingerprint density at radius 1 is 1.16 bits per heavy atom. The minimum Gasteiger partial charge on any atom is -0.477 e. The van der Waals surface area contributed by atoms with Crippen molar-refractivity contribution in [3.05, 3.63) is 47.3 Å². The van der Waals surface area contributed by atoms with Crippen LogP contribution >= 0.6 is 0 Å². The van der Waals surface area contributed by atoms with Gasteiger partial charge in [-0.25, -0.2) is 18.6 Å². The SMILES string of the molecule is Cc1cc(C(=O)O)nc(Oc2cc(F)cc(F)c2)n1. The first-order chi connectivity index (χ1) is 8.94. The topological polar surface area (TPSA) is 72.3 Å². The zero-order valence-electron chi connectivity index (χ0n) is 9.72. The summed E-state index contributed by atoms with van der Waals surface area (Å²) in [6.45, 7) is 1.55. The van der Waals surface area contributed by atoms with Crippen LogP contribution in [0.2, 0.25) is 0 Å². The normalized spacial score (nSPS) is 10.3. The largest absolute Gasteiger partial charge is 0.477 e. The molecule has 7 heteroatoms. The smallest absolute Gasteiger partial charge is 0.354 e. The van der Waals surface area contributed by atoms with Crippen molar-refractivity contribution in [3.8, 4) is 11.8 Å². The number of ether oxygens (including phenoxy) is 1. The number of aromatic carboxylic acids is 1. The first-order valence-electron chi connectivity index (χ1n) is 5.17. The summed E-state index contributed by atoms with van der Waals surface area (Å²) in [5, 5.41) is 8.82. The number of rotatable bonds is 3. The number of aromatic nitrogens is 2. The molecular formula is C12H8F2N2O3. The third kappa shape index (κ3) is 3.21. The molecule has 0 aliphatic rings. The molecule has 0 aliphatic heterocycles. The molecule has 1 aromatic heterocycles. The van der Waals surface area contributed by atoms with Gasteiger partial charge in [-0.05, 0) is 13.0 Å². The van der Waals surface area contributed by atoms with E-state index in [-0.39, 0.29) is 17.5 Å². The molecule has 5 nitrogen and oxygen atoms in total. The summed E-state index contributed by atoms with van der Waals surface area (Å²) in [5.74, 6) is -3.04. The number of carboxylic acids is 1. The average molecular weight is 266 g/mol. The standard InChI is InChI=1S/C12H8F2N2O3/c1-6-2-10(11(17)18)16-12(15-6)19-9-4-7(13)3-8(14)5-9/h2-5H,1H3,(H,17,18). The quantitative estimate of drug-likeness (QED) is 0.924. The predicted octanol–water partition coefficient (Wildman–Crippen LogP) is 2.55. The number of halogens is 2. The minimum atomic E-state index is -1.25. The maximum atomic E-state index is 13.0. The summed E-state index contributed by atoms with van der Waals surface area (Å²) in [6.07, 6.45) is 0. The Morgan fingerprint density at radius 3 is 2.37 bits per heavy atom. The van der Waals surface area contributed by atoms with Crippen LogP contribution in [-0.4, -0.2) is 21.0 Å². The highest BCUT2D eigenvalue weighted by Crippen LogP contribution is 2.21. The van der Waals surface area contributed by atoms with Gasteiger partial charge < -0.3 is 9.84 Å². The number of hydrogen-bond acceptors (Lipinski definition) is 4. The van der Waals surface area contributed by atoms with Crippen molar-refractivity contribution in [2.45, 2.75) is 6.92 Å². The van der Waals surface area contributed by atoms with Crippen LogP contribution in [-0.2, 0) is 0 Å². The Morgan fingerprint density at radius 2 is 1.79 bits per heavy atom. The predicted molar refractivity (Wildman–Crippen MR) is 60.2 cm³/mol. The molecule has 2 rings (SSSR count). The molecule has 1 aromatic carbocycles. The summed E-state index contributed by atoms with van der Waals surface area (Å²) in [6, 6.07) is 3.53. The van der Waals surface area contributed by atoms with E-state index in [0.717, 1.165) is 12.1 Å². The van der Waals surface area contributed by atoms with Crippen LogP contribution in [0.15, 0.2) is 24.3 Å². The lowest BCUT2D eigenvalue weighted by molar-refractivity contribution is 0.0689. The van der Waals surface area contributed by atoms with Crippen LogP contribution in [0.4, 0.5) is 8.78 Å². The first kappa shape index (κ1) is 12.9. The molecule has 2 aromatic rings. The van der Waals surface area contributed by atoms with E-state index >= 15 is 0 Å². The molecule has 0 bridgehead atoms. The lowest BCUT2D eigenvalue weighted by Gasteiger charge is -2.05. The van der Waals surface area contributed by atoms with Gasteiger partial charge in [0.15, 0.2) is 5.69 Å². The van der Waals surface area contributed by atoms with Gasteiger partial charge in [-0.1, -0.05) is 0 Å². The number of hydrogen-bond donors (Lipinski definition) is 1. The second-order valence-corrected chi connectivity index (χ2v) is 3.69. The van der Waals surface area contributed by atoms with E-state index in [4.69, 9.17) is 9.84 Å². The molecule has 0 atom stereocenters. The van der Waals surface area contributed by atoms with Crippen LogP contribution in [0.25, 0.3) is 0 Å². The summed E-state index contributed by atoms with van der Waals surface area (Å²) >= 11 is 0. The molecule has 0 fully saturated rings. The number of aryl methyl sites for hydroxylation is 1. The van der Waals surface area contributed by atoms with Crippen LogP contribution in [0.1, 0.15) is 16.2 Å². The molecule has 0 saturated heterocycles. The maximum Gasteiger partial charge on any atom is 0.354 e. The van der Waals surface area contributed by atoms with Gasteiger partial charge in [0.25, 0.3) is 0 Å². The van der Waals surface area contributed by atoms with E-state index in [1.54, 1.807) is 6.92 Å². The van der Waals surface area contributed by atoms with Gasteiger partial charge in [0.1, 0.15) is 17.4 Å². The molecule has 0 radical (unpaired) electrons. The number of carboxylic acid groups (broad SMARTS) is 1. The molecule has 1 N–H and O–H groups in total. The highest BCUT2D eigenvalue weighted by molar-refractivity contribution is 5.85. The minimum absolute atomic E-state index is 0.153. The van der Waals surface area contributed by atoms with E-state index in [1.807, 2.05) is 0 Å². The summed E-state index contributed by atoms with van der Waals surface area (Å²) < 4.78 is 31.0. The Labute approximate surface area is 106 Å². The van der Waals surface area contributed by atoms with Gasteiger partial charge in [-0.15, -0.1) is 0 Å². The highest BCUT2D eigenvalue weighted by atomic mass is 19.1. The Hall–Kier alpha value is -2.57. The van der Waals surface area contributed by atoms with E-state index in [0.29, 0.717) is 11.8 Å². The van der Waals surface area contributed by atoms with E-state index in [1.165, 1.54) is 6.07 Å². The molecule has 0 unspecified atom stereocenters. The van der Waals surface area contributed by atoms with Gasteiger partial charge in [-0.2, -0.15) is 4.98 Å². The molecule has 1 heterocycles. The van der Waals surface area contributed by atoms with E-state index in [9.17, 15) is 13.6 Å². The molecule has 0 aliphatic carbocycles. The van der Waals surface area contributed by atoms with Crippen LogP contribution < -0.4 is 4.74 Å². The highest BCUT2D eigenvalue weighted by Gasteiger charge is 2.11. The number of carbonyl (C=O) groups is 1. The van der Waals surface area contributed by atoms with Gasteiger partial charge in [-0.3, -0.25) is 0 Å². The number of benzene rings is 1. The third-order valence-corrected chi connectivity index (χ3v) is 2.10. The van der Waals surface area contributed by atoms with E-state index < -0.39 is 17.6 Å². The fourth-order valence-corrected chi connectivity index (χ4v) is 1.39. The van der Waals surface area contributed by atoms with Crippen molar-refractivity contribution in [2.75, 3.05) is 0 Å². The lowest BCUT2D eigenvalue weighted by Crippen LogP contribution is -2.04. The molecule has 19 heavy (non-hydrogen) atoms. The zero-order valence-corrected chi connectivity index (χ0v) is 9.72. The van der Waals surface area contributed by atoms with Crippen molar-refractivity contribution in [1.29, 1.82) is 0 Å². The molecule has 0 spiro atoms. The van der Waals surface area contributed by atoms with Crippen LogP contribution in [0, 0.1) is 18.6 Å². The lowest BCUT2D eigenvalue weighted by atomic mass is 10.3. The summed E-state index contributed by atoms with van der Waals surface area (Å²) in [7, 11) is 0. The average Bonchev–Trinajstić information content (AvgIpc) is 2.26. The van der Waals surface area contributed by atoms with E-state index in [2.05, 4.69) is 9.97 Å². The van der Waals surface area contributed by atoms with Gasteiger partial charge in [0.2, 0.25) is 0 Å². The van der Waals surface area contributed by atoms with Gasteiger partial charge >= 0.3 is 12.0 Å². The van der Waals surface area contributed by atoms with Crippen LogP contribution in [0.3, 0.4) is 0 Å². The Bertz CT molecular complexity index is 627. The molecular weight excluding hydrogens is 258 g/mol. The molecule has 0 saturated carbocycles. The fourth-order valence-electron chi connectivity index (χ4n) is 1.39. The van der Waals surface area contributed by atoms with Crippen molar-refractivity contribution >= 4 is 5.97 Å². The van der Waals surface area contributed by atoms with Crippen molar-refractivity contribution < 1.29 is 23.4 Å². The van der Waals surface area contributed by atoms with Gasteiger partial charge in [0, 0.05) is 23.9 Å². The number of nitrogens with zero attached hydrogens (tertiary/aromatic N) is 2. The second-order valence-electron chi connectivity index (χ2n) is 3.69. The molecule has 0 amide bonds. The van der Waals surface area contributed by atoms with Crippen molar-refractivity contribution in [2.24, 2.45) is 0 Å². The summed E-state index contributed by atoms with van der Waals surface area (Å²) in [5.41, 5.74) is 0.0960. The Kier molecular flexibility index (Phi) is 3.37. The second kappa shape index (κ2) is 4.97. The third-order valence-electron chi connectivity index (χ3n) is 2.10. The van der Waals surface area contributed by atoms with Crippen molar-refractivity contribution in [1.82, 2.24) is 9.97 Å². The summed E-state index contributed by atoms with van der Waals surface area (Å²) in [4.78, 5) is 18.2.